The zero-order valence-corrected chi connectivity index (χ0v) is 17.3. The van der Waals surface area contributed by atoms with Crippen molar-refractivity contribution in [2.24, 2.45) is 5.41 Å². The molecule has 0 radical (unpaired) electrons. The van der Waals surface area contributed by atoms with Gasteiger partial charge >= 0.3 is 0 Å². The molecule has 6 heteroatoms. The average Bonchev–Trinajstić information content (AvgIpc) is 3.16. The fraction of sp³-hybridized carbons (Fsp3) is 0.364. The molecule has 0 aliphatic carbocycles. The number of benzene rings is 2. The van der Waals surface area contributed by atoms with E-state index in [0.717, 1.165) is 17.1 Å². The lowest BCUT2D eigenvalue weighted by Gasteiger charge is -2.29. The van der Waals surface area contributed by atoms with Crippen molar-refractivity contribution in [3.05, 3.63) is 60.2 Å². The molecule has 1 N–H and O–H groups in total. The van der Waals surface area contributed by atoms with Gasteiger partial charge < -0.3 is 15.0 Å². The molecule has 0 saturated carbocycles. The summed E-state index contributed by atoms with van der Waals surface area (Å²) in [5.41, 5.74) is 0.492. The van der Waals surface area contributed by atoms with E-state index in [-0.39, 0.29) is 11.8 Å². The molecule has 1 aliphatic rings. The van der Waals surface area contributed by atoms with Crippen LogP contribution in [0.1, 0.15) is 26.3 Å². The molecule has 2 amide bonds. The maximum Gasteiger partial charge on any atom is 0.243 e. The first-order valence-electron chi connectivity index (χ1n) is 9.33. The summed E-state index contributed by atoms with van der Waals surface area (Å²) in [6.07, 6.45) is 0. The summed E-state index contributed by atoms with van der Waals surface area (Å²) in [5.74, 6) is 2.64. The van der Waals surface area contributed by atoms with Gasteiger partial charge in [-0.25, -0.2) is 0 Å². The Labute approximate surface area is 170 Å². The van der Waals surface area contributed by atoms with E-state index in [0.29, 0.717) is 18.2 Å². The van der Waals surface area contributed by atoms with Gasteiger partial charge in [-0.2, -0.15) is 0 Å². The van der Waals surface area contributed by atoms with E-state index < -0.39 is 11.5 Å². The number of carbonyl (C=O) groups excluding carboxylic acids is 2. The van der Waals surface area contributed by atoms with Gasteiger partial charge in [-0.05, 0) is 29.8 Å². The zero-order valence-electron chi connectivity index (χ0n) is 16.5. The van der Waals surface area contributed by atoms with Gasteiger partial charge in [0.15, 0.2) is 0 Å². The van der Waals surface area contributed by atoms with Gasteiger partial charge in [0.1, 0.15) is 17.5 Å². The summed E-state index contributed by atoms with van der Waals surface area (Å²) in [4.78, 5) is 26.9. The second-order valence-corrected chi connectivity index (χ2v) is 8.82. The molecule has 2 aromatic carbocycles. The van der Waals surface area contributed by atoms with Crippen LogP contribution in [0.15, 0.2) is 54.6 Å². The van der Waals surface area contributed by atoms with Crippen molar-refractivity contribution >= 4 is 23.6 Å². The van der Waals surface area contributed by atoms with Crippen molar-refractivity contribution < 1.29 is 14.3 Å². The summed E-state index contributed by atoms with van der Waals surface area (Å²) in [6, 6.07) is 16.8. The monoisotopic (exact) mass is 398 g/mol. The number of nitrogens with zero attached hydrogens (tertiary/aromatic N) is 1. The Kier molecular flexibility index (Phi) is 6.29. The molecule has 148 valence electrons. The largest absolute Gasteiger partial charge is 0.457 e. The van der Waals surface area contributed by atoms with E-state index in [1.807, 2.05) is 75.4 Å². The third-order valence-corrected chi connectivity index (χ3v) is 5.47. The Bertz CT molecular complexity index is 816. The molecule has 28 heavy (non-hydrogen) atoms. The van der Waals surface area contributed by atoms with Crippen molar-refractivity contribution in [2.75, 3.05) is 11.6 Å². The highest BCUT2D eigenvalue weighted by molar-refractivity contribution is 7.99. The molecule has 0 bridgehead atoms. The number of ether oxygens (including phenoxy) is 1. The molecule has 2 aromatic rings. The lowest BCUT2D eigenvalue weighted by Crippen LogP contribution is -2.50. The van der Waals surface area contributed by atoms with E-state index in [4.69, 9.17) is 4.74 Å². The molecule has 3 rings (SSSR count). The van der Waals surface area contributed by atoms with Gasteiger partial charge in [-0.3, -0.25) is 9.59 Å². The second kappa shape index (κ2) is 8.69. The minimum atomic E-state index is -0.488. The Morgan fingerprint density at radius 3 is 2.36 bits per heavy atom. The number of hydrogen-bond acceptors (Lipinski definition) is 4. The Hall–Kier alpha value is -2.47. The summed E-state index contributed by atoms with van der Waals surface area (Å²) < 4.78 is 5.78. The molecule has 1 fully saturated rings. The fourth-order valence-corrected chi connectivity index (χ4v) is 4.05. The molecule has 5 nitrogen and oxygen atoms in total. The van der Waals surface area contributed by atoms with Gasteiger partial charge in [0.25, 0.3) is 0 Å². The maximum atomic E-state index is 12.6. The predicted octanol–water partition coefficient (Wildman–Crippen LogP) is 4.04. The fourth-order valence-electron chi connectivity index (χ4n) is 2.90. The number of carbonyl (C=O) groups is 2. The first kappa shape index (κ1) is 20.3. The quantitative estimate of drug-likeness (QED) is 0.826. The third kappa shape index (κ3) is 5.07. The summed E-state index contributed by atoms with van der Waals surface area (Å²) >= 11 is 1.62. The predicted molar refractivity (Wildman–Crippen MR) is 112 cm³/mol. The van der Waals surface area contributed by atoms with Crippen LogP contribution in [0.2, 0.25) is 0 Å². The van der Waals surface area contributed by atoms with Crippen LogP contribution in [-0.2, 0) is 16.1 Å². The van der Waals surface area contributed by atoms with Crippen molar-refractivity contribution in [3.8, 4) is 11.5 Å². The topological polar surface area (TPSA) is 58.6 Å². The molecule has 1 aliphatic heterocycles. The minimum absolute atomic E-state index is 0.0139. The number of nitrogens with one attached hydrogen (secondary N) is 1. The smallest absolute Gasteiger partial charge is 0.243 e. The van der Waals surface area contributed by atoms with Gasteiger partial charge in [0.2, 0.25) is 11.8 Å². The van der Waals surface area contributed by atoms with Crippen LogP contribution in [0.25, 0.3) is 0 Å². The number of amides is 2. The van der Waals surface area contributed by atoms with Gasteiger partial charge in [-0.15, -0.1) is 11.8 Å². The Balaban J connectivity index is 1.55. The van der Waals surface area contributed by atoms with Crippen molar-refractivity contribution in [2.45, 2.75) is 33.4 Å². The van der Waals surface area contributed by atoms with Crippen molar-refractivity contribution in [1.29, 1.82) is 0 Å². The molecule has 1 saturated heterocycles. The summed E-state index contributed by atoms with van der Waals surface area (Å²) in [6.45, 7) is 6.06. The van der Waals surface area contributed by atoms with E-state index in [1.165, 1.54) is 0 Å². The van der Waals surface area contributed by atoms with Crippen LogP contribution in [-0.4, -0.2) is 34.4 Å². The lowest BCUT2D eigenvalue weighted by atomic mass is 9.94. The highest BCUT2D eigenvalue weighted by Gasteiger charge is 2.38. The van der Waals surface area contributed by atoms with Crippen LogP contribution in [0.3, 0.4) is 0 Å². The standard InChI is InChI=1S/C22H26N2O3S/c1-22(2,3)21(26)24-15-28-14-19(24)20(25)23-13-16-9-11-18(12-10-16)27-17-7-5-4-6-8-17/h4-12,19H,13-15H2,1-3H3,(H,23,25). The van der Waals surface area contributed by atoms with Crippen molar-refractivity contribution in [1.82, 2.24) is 10.2 Å². The summed E-state index contributed by atoms with van der Waals surface area (Å²) in [5, 5.41) is 2.96. The normalized spacial score (nSPS) is 16.7. The van der Waals surface area contributed by atoms with Gasteiger partial charge in [-0.1, -0.05) is 51.1 Å². The van der Waals surface area contributed by atoms with Crippen LogP contribution < -0.4 is 10.1 Å². The highest BCUT2D eigenvalue weighted by Crippen LogP contribution is 2.27. The zero-order chi connectivity index (χ0) is 20.1. The Morgan fingerprint density at radius 1 is 1.07 bits per heavy atom. The maximum absolute atomic E-state index is 12.6. The lowest BCUT2D eigenvalue weighted by molar-refractivity contribution is -0.144. The van der Waals surface area contributed by atoms with Gasteiger partial charge in [0.05, 0.1) is 5.88 Å². The number of rotatable bonds is 5. The third-order valence-electron chi connectivity index (χ3n) is 4.46. The van der Waals surface area contributed by atoms with Crippen LogP contribution in [0.5, 0.6) is 11.5 Å². The molecule has 0 spiro atoms. The molecular weight excluding hydrogens is 372 g/mol. The average molecular weight is 399 g/mol. The van der Waals surface area contributed by atoms with Crippen LogP contribution in [0.4, 0.5) is 0 Å². The molecule has 1 heterocycles. The first-order chi connectivity index (χ1) is 13.3. The number of thioether (sulfide) groups is 1. The number of para-hydroxylation sites is 1. The minimum Gasteiger partial charge on any atom is -0.457 e. The summed E-state index contributed by atoms with van der Waals surface area (Å²) in [7, 11) is 0. The first-order valence-corrected chi connectivity index (χ1v) is 10.5. The van der Waals surface area contributed by atoms with E-state index in [2.05, 4.69) is 5.32 Å². The van der Waals surface area contributed by atoms with E-state index >= 15 is 0 Å². The van der Waals surface area contributed by atoms with Gasteiger partial charge in [0, 0.05) is 17.7 Å². The van der Waals surface area contributed by atoms with E-state index in [9.17, 15) is 9.59 Å². The number of hydrogen-bond donors (Lipinski definition) is 1. The second-order valence-electron chi connectivity index (χ2n) is 7.82. The Morgan fingerprint density at radius 2 is 1.71 bits per heavy atom. The molecule has 1 atom stereocenters. The molecular formula is C22H26N2O3S. The molecule has 0 aromatic heterocycles. The van der Waals surface area contributed by atoms with Crippen LogP contribution in [0, 0.1) is 5.41 Å². The molecule has 1 unspecified atom stereocenters. The highest BCUT2D eigenvalue weighted by atomic mass is 32.2. The van der Waals surface area contributed by atoms with Crippen LogP contribution >= 0.6 is 11.8 Å². The SMILES string of the molecule is CC(C)(C)C(=O)N1CSCC1C(=O)NCc1ccc(Oc2ccccc2)cc1. The van der Waals surface area contributed by atoms with Crippen molar-refractivity contribution in [3.63, 3.8) is 0 Å². The van der Waals surface area contributed by atoms with E-state index in [1.54, 1.807) is 16.7 Å².